The van der Waals surface area contributed by atoms with Crippen LogP contribution in [0.3, 0.4) is 0 Å². The quantitative estimate of drug-likeness (QED) is 0.435. The number of pyridine rings is 1. The van der Waals surface area contributed by atoms with E-state index in [1.54, 1.807) is 48.8 Å². The van der Waals surface area contributed by atoms with Gasteiger partial charge in [0.1, 0.15) is 23.6 Å². The molecular formula is C30H33N5O4S. The highest BCUT2D eigenvalue weighted by Crippen LogP contribution is 2.61. The van der Waals surface area contributed by atoms with Crippen molar-refractivity contribution in [3.8, 4) is 11.5 Å². The summed E-state index contributed by atoms with van der Waals surface area (Å²) in [6, 6.07) is 9.92. The molecule has 10 heteroatoms. The van der Waals surface area contributed by atoms with Gasteiger partial charge in [0.25, 0.3) is 0 Å². The highest BCUT2D eigenvalue weighted by atomic mass is 32.2. The summed E-state index contributed by atoms with van der Waals surface area (Å²) < 4.78 is 34.1. The van der Waals surface area contributed by atoms with Crippen molar-refractivity contribution in [2.45, 2.75) is 62.8 Å². The third kappa shape index (κ3) is 4.88. The van der Waals surface area contributed by atoms with Gasteiger partial charge in [0.15, 0.2) is 0 Å². The molecule has 3 aromatic rings. The Labute approximate surface area is 234 Å². The van der Waals surface area contributed by atoms with Gasteiger partial charge in [-0.1, -0.05) is 0 Å². The molecule has 208 valence electrons. The highest BCUT2D eigenvalue weighted by Gasteiger charge is 2.51. The van der Waals surface area contributed by atoms with Crippen molar-refractivity contribution in [1.82, 2.24) is 19.3 Å². The molecule has 2 aromatic heterocycles. The summed E-state index contributed by atoms with van der Waals surface area (Å²) in [6.45, 7) is 0.417. The lowest BCUT2D eigenvalue weighted by Gasteiger charge is -2.56. The molecule has 1 amide bonds. The third-order valence-corrected chi connectivity index (χ3v) is 11.1. The predicted molar refractivity (Wildman–Crippen MR) is 148 cm³/mol. The molecule has 0 radical (unpaired) electrons. The number of anilines is 1. The van der Waals surface area contributed by atoms with Gasteiger partial charge in [0.05, 0.1) is 23.3 Å². The molecule has 4 bridgehead atoms. The summed E-state index contributed by atoms with van der Waals surface area (Å²) in [4.78, 5) is 26.2. The summed E-state index contributed by atoms with van der Waals surface area (Å²) in [7, 11) is -3.74. The van der Waals surface area contributed by atoms with E-state index in [1.165, 1.54) is 49.2 Å². The molecule has 3 heterocycles. The molecule has 0 unspecified atom stereocenters. The molecule has 9 nitrogen and oxygen atoms in total. The van der Waals surface area contributed by atoms with E-state index >= 15 is 0 Å². The Bertz CT molecular complexity index is 1490. The molecule has 1 aromatic carbocycles. The van der Waals surface area contributed by atoms with Crippen molar-refractivity contribution in [3.05, 3.63) is 66.4 Å². The second kappa shape index (κ2) is 9.92. The highest BCUT2D eigenvalue weighted by molar-refractivity contribution is 7.89. The first kappa shape index (κ1) is 25.6. The van der Waals surface area contributed by atoms with Gasteiger partial charge >= 0.3 is 0 Å². The van der Waals surface area contributed by atoms with Gasteiger partial charge in [-0.3, -0.25) is 9.78 Å². The second-order valence-electron chi connectivity index (χ2n) is 12.1. The van der Waals surface area contributed by atoms with Crippen LogP contribution in [0.5, 0.6) is 11.5 Å². The van der Waals surface area contributed by atoms with Crippen molar-refractivity contribution in [2.75, 3.05) is 11.9 Å². The summed E-state index contributed by atoms with van der Waals surface area (Å²) in [5.74, 6) is 4.03. The molecule has 4 saturated carbocycles. The Morgan fingerprint density at radius 2 is 1.73 bits per heavy atom. The minimum Gasteiger partial charge on any atom is -0.456 e. The normalized spacial score (nSPS) is 27.2. The van der Waals surface area contributed by atoms with E-state index in [2.05, 4.69) is 20.3 Å². The Morgan fingerprint density at radius 1 is 1.00 bits per heavy atom. The molecular weight excluding hydrogens is 526 g/mol. The van der Waals surface area contributed by atoms with E-state index in [4.69, 9.17) is 4.74 Å². The molecule has 0 atom stereocenters. The van der Waals surface area contributed by atoms with Crippen molar-refractivity contribution in [3.63, 3.8) is 0 Å². The van der Waals surface area contributed by atoms with Crippen LogP contribution in [0, 0.1) is 23.2 Å². The number of ether oxygens (including phenoxy) is 1. The van der Waals surface area contributed by atoms with Gasteiger partial charge in [-0.15, -0.1) is 0 Å². The first-order valence-corrected chi connectivity index (χ1v) is 15.6. The number of hydrogen-bond donors (Lipinski definition) is 1. The first-order valence-electron chi connectivity index (χ1n) is 14.2. The molecule has 1 N–H and O–H groups in total. The fourth-order valence-electron chi connectivity index (χ4n) is 8.04. The van der Waals surface area contributed by atoms with Gasteiger partial charge in [0.2, 0.25) is 15.9 Å². The molecule has 5 aliphatic rings. The fraction of sp³-hybridized carbons (Fsp3) is 0.467. The van der Waals surface area contributed by atoms with Crippen LogP contribution in [0.4, 0.5) is 5.82 Å². The van der Waals surface area contributed by atoms with Crippen molar-refractivity contribution in [1.29, 1.82) is 0 Å². The molecule has 1 aliphatic heterocycles. The van der Waals surface area contributed by atoms with Crippen LogP contribution < -0.4 is 10.1 Å². The zero-order chi connectivity index (χ0) is 27.3. The Morgan fingerprint density at radius 3 is 2.40 bits per heavy atom. The number of fused-ring (bicyclic) bond motifs is 1. The van der Waals surface area contributed by atoms with Gasteiger partial charge in [-0.2, -0.15) is 4.31 Å². The lowest BCUT2D eigenvalue weighted by Crippen LogP contribution is -2.47. The zero-order valence-electron chi connectivity index (χ0n) is 22.3. The molecule has 8 rings (SSSR count). The maximum atomic E-state index is 13.4. The lowest BCUT2D eigenvalue weighted by molar-refractivity contribution is -0.124. The van der Waals surface area contributed by atoms with Gasteiger partial charge in [-0.25, -0.2) is 18.4 Å². The SMILES string of the molecule is O=C(CC12CC3CC(CC(C3)C1)C2)Nc1ncnc2c1CCN(S(=O)(=O)c1ccc(Oc3cccnc3)cc1)C2. The van der Waals surface area contributed by atoms with E-state index in [-0.39, 0.29) is 29.3 Å². The number of rotatable bonds is 7. The zero-order valence-corrected chi connectivity index (χ0v) is 23.1. The number of nitrogens with zero attached hydrogens (tertiary/aromatic N) is 4. The molecule has 0 saturated heterocycles. The van der Waals surface area contributed by atoms with E-state index in [1.807, 2.05) is 0 Å². The minimum absolute atomic E-state index is 0.0199. The van der Waals surface area contributed by atoms with E-state index in [0.717, 1.165) is 23.3 Å². The average molecular weight is 560 g/mol. The number of aromatic nitrogens is 3. The molecule has 40 heavy (non-hydrogen) atoms. The number of carbonyl (C=O) groups is 1. The molecule has 0 spiro atoms. The Hall–Kier alpha value is -3.37. The number of benzene rings is 1. The van der Waals surface area contributed by atoms with E-state index in [0.29, 0.717) is 35.9 Å². The maximum Gasteiger partial charge on any atom is 0.243 e. The van der Waals surface area contributed by atoms with Crippen LogP contribution in [-0.2, 0) is 27.8 Å². The van der Waals surface area contributed by atoms with Crippen molar-refractivity contribution in [2.24, 2.45) is 23.2 Å². The van der Waals surface area contributed by atoms with Gasteiger partial charge in [0, 0.05) is 24.7 Å². The molecule has 4 fully saturated rings. The Balaban J connectivity index is 1.02. The number of nitrogens with one attached hydrogen (secondary N) is 1. The minimum atomic E-state index is -3.74. The van der Waals surface area contributed by atoms with Gasteiger partial charge < -0.3 is 10.1 Å². The summed E-state index contributed by atoms with van der Waals surface area (Å²) in [5.41, 5.74) is 1.61. The smallest absolute Gasteiger partial charge is 0.243 e. The number of amides is 1. The Kier molecular flexibility index (Phi) is 6.35. The van der Waals surface area contributed by atoms with E-state index in [9.17, 15) is 13.2 Å². The van der Waals surface area contributed by atoms with Crippen LogP contribution in [0.25, 0.3) is 0 Å². The van der Waals surface area contributed by atoms with Crippen molar-refractivity contribution < 1.29 is 17.9 Å². The predicted octanol–water partition coefficient (Wildman–Crippen LogP) is 4.96. The number of hydrogen-bond acceptors (Lipinski definition) is 7. The monoisotopic (exact) mass is 559 g/mol. The topological polar surface area (TPSA) is 114 Å². The van der Waals surface area contributed by atoms with Crippen LogP contribution >= 0.6 is 0 Å². The lowest BCUT2D eigenvalue weighted by atomic mass is 9.49. The van der Waals surface area contributed by atoms with E-state index < -0.39 is 10.0 Å². The summed E-state index contributed by atoms with van der Waals surface area (Å²) >= 11 is 0. The number of sulfonamides is 1. The van der Waals surface area contributed by atoms with Gasteiger partial charge in [-0.05, 0) is 105 Å². The average Bonchev–Trinajstić information content (AvgIpc) is 2.93. The van der Waals surface area contributed by atoms with Crippen LogP contribution in [0.2, 0.25) is 0 Å². The summed E-state index contributed by atoms with van der Waals surface area (Å²) in [5, 5.41) is 3.08. The number of carbonyl (C=O) groups excluding carboxylic acids is 1. The fourth-order valence-corrected chi connectivity index (χ4v) is 9.44. The largest absolute Gasteiger partial charge is 0.456 e. The second-order valence-corrected chi connectivity index (χ2v) is 14.1. The summed E-state index contributed by atoms with van der Waals surface area (Å²) in [6.07, 6.45) is 13.2. The third-order valence-electron chi connectivity index (χ3n) is 9.26. The van der Waals surface area contributed by atoms with Crippen LogP contribution in [0.1, 0.15) is 56.2 Å². The maximum absolute atomic E-state index is 13.4. The molecule has 4 aliphatic carbocycles. The van der Waals surface area contributed by atoms with Crippen LogP contribution in [-0.4, -0.2) is 40.1 Å². The van der Waals surface area contributed by atoms with Crippen LogP contribution in [0.15, 0.2) is 60.0 Å². The standard InChI is InChI=1S/C30H33N5O4S/c36-28(16-30-13-20-10-21(14-30)12-22(11-20)15-30)34-29-26-7-9-35(18-27(26)32-19-33-29)40(37,38)25-5-3-23(4-6-25)39-24-2-1-8-31-17-24/h1-6,8,17,19-22H,7,9-16,18H2,(H,32,33,34,36). The first-order chi connectivity index (χ1) is 19.4. The van der Waals surface area contributed by atoms with Crippen molar-refractivity contribution >= 4 is 21.7 Å².